The Kier molecular flexibility index (Phi) is 5.68. The standard InChI is InChI=1S/C27H29NO4/c1-16-19(11-12-23(29)28-14-18-9-7-6-8-10-18)26(30)32-25-17(2)24-21(13-20(16)25)22(15-31-24)27(3,4)5/h6-10,13,15H,11-12,14H2,1-5H3,(H,28,29). The van der Waals surface area contributed by atoms with Crippen molar-refractivity contribution in [1.82, 2.24) is 5.32 Å². The molecule has 2 heterocycles. The Morgan fingerprint density at radius 2 is 1.72 bits per heavy atom. The van der Waals surface area contributed by atoms with Crippen molar-refractivity contribution in [3.8, 4) is 0 Å². The number of furan rings is 1. The highest BCUT2D eigenvalue weighted by Gasteiger charge is 2.23. The van der Waals surface area contributed by atoms with Crippen molar-refractivity contribution in [3.05, 3.63) is 80.9 Å². The largest absolute Gasteiger partial charge is 0.464 e. The van der Waals surface area contributed by atoms with E-state index >= 15 is 0 Å². The van der Waals surface area contributed by atoms with Crippen LogP contribution in [0.15, 0.2) is 56.3 Å². The van der Waals surface area contributed by atoms with Crippen LogP contribution in [0.25, 0.3) is 21.9 Å². The van der Waals surface area contributed by atoms with Crippen LogP contribution in [-0.4, -0.2) is 5.91 Å². The fraction of sp³-hybridized carbons (Fsp3) is 0.333. The molecule has 4 aromatic rings. The number of nitrogens with one attached hydrogen (secondary N) is 1. The fourth-order valence-electron chi connectivity index (χ4n) is 4.19. The Hall–Kier alpha value is -3.34. The molecular formula is C27H29NO4. The maximum atomic E-state index is 12.8. The first-order valence-electron chi connectivity index (χ1n) is 10.9. The van der Waals surface area contributed by atoms with Gasteiger partial charge in [0.15, 0.2) is 0 Å². The molecule has 0 fully saturated rings. The zero-order valence-corrected chi connectivity index (χ0v) is 19.3. The molecule has 5 heteroatoms. The van der Waals surface area contributed by atoms with Gasteiger partial charge in [-0.3, -0.25) is 4.79 Å². The second-order valence-corrected chi connectivity index (χ2v) is 9.41. The minimum absolute atomic E-state index is 0.0748. The highest BCUT2D eigenvalue weighted by molar-refractivity contribution is 6.00. The molecule has 0 radical (unpaired) electrons. The van der Waals surface area contributed by atoms with Gasteiger partial charge in [-0.25, -0.2) is 4.79 Å². The number of carbonyl (C=O) groups is 1. The first kappa shape index (κ1) is 21.9. The summed E-state index contributed by atoms with van der Waals surface area (Å²) in [6.07, 6.45) is 2.35. The smallest absolute Gasteiger partial charge is 0.339 e. The van der Waals surface area contributed by atoms with Crippen LogP contribution in [0.2, 0.25) is 0 Å². The second kappa shape index (κ2) is 8.30. The number of rotatable bonds is 5. The molecule has 0 aliphatic heterocycles. The molecule has 4 rings (SSSR count). The third-order valence-electron chi connectivity index (χ3n) is 6.08. The van der Waals surface area contributed by atoms with Crippen LogP contribution in [0.3, 0.4) is 0 Å². The molecule has 0 saturated heterocycles. The van der Waals surface area contributed by atoms with Crippen molar-refractivity contribution in [2.45, 2.75) is 59.4 Å². The van der Waals surface area contributed by atoms with Crippen molar-refractivity contribution in [2.75, 3.05) is 0 Å². The van der Waals surface area contributed by atoms with Gasteiger partial charge in [-0.1, -0.05) is 51.1 Å². The summed E-state index contributed by atoms with van der Waals surface area (Å²) in [7, 11) is 0. The Morgan fingerprint density at radius 1 is 1.00 bits per heavy atom. The summed E-state index contributed by atoms with van der Waals surface area (Å²) >= 11 is 0. The van der Waals surface area contributed by atoms with Gasteiger partial charge >= 0.3 is 5.63 Å². The van der Waals surface area contributed by atoms with Gasteiger partial charge in [-0.2, -0.15) is 0 Å². The van der Waals surface area contributed by atoms with Crippen LogP contribution in [0.4, 0.5) is 0 Å². The Bertz CT molecular complexity index is 1350. The van der Waals surface area contributed by atoms with Crippen LogP contribution in [-0.2, 0) is 23.2 Å². The summed E-state index contributed by atoms with van der Waals surface area (Å²) in [4.78, 5) is 25.1. The molecule has 0 aliphatic carbocycles. The zero-order valence-electron chi connectivity index (χ0n) is 19.3. The van der Waals surface area contributed by atoms with Crippen molar-refractivity contribution in [1.29, 1.82) is 0 Å². The number of fused-ring (bicyclic) bond motifs is 2. The number of carbonyl (C=O) groups excluding carboxylic acids is 1. The Labute approximate surface area is 187 Å². The first-order valence-corrected chi connectivity index (χ1v) is 10.9. The average Bonchev–Trinajstić information content (AvgIpc) is 3.19. The molecule has 0 unspecified atom stereocenters. The van der Waals surface area contributed by atoms with E-state index in [1.54, 1.807) is 6.26 Å². The highest BCUT2D eigenvalue weighted by Crippen LogP contribution is 2.37. The summed E-state index contributed by atoms with van der Waals surface area (Å²) in [5, 5.41) is 4.84. The van der Waals surface area contributed by atoms with Gasteiger partial charge in [0, 0.05) is 40.4 Å². The van der Waals surface area contributed by atoms with E-state index in [1.165, 1.54) is 0 Å². The van der Waals surface area contributed by atoms with E-state index in [1.807, 2.05) is 44.2 Å². The molecule has 1 amide bonds. The van der Waals surface area contributed by atoms with Crippen LogP contribution >= 0.6 is 0 Å². The van der Waals surface area contributed by atoms with Crippen molar-refractivity contribution < 1.29 is 13.6 Å². The molecule has 166 valence electrons. The number of benzene rings is 2. The van der Waals surface area contributed by atoms with Gasteiger partial charge in [0.25, 0.3) is 0 Å². The summed E-state index contributed by atoms with van der Waals surface area (Å²) in [6.45, 7) is 10.8. The lowest BCUT2D eigenvalue weighted by molar-refractivity contribution is -0.121. The van der Waals surface area contributed by atoms with E-state index in [0.29, 0.717) is 24.1 Å². The SMILES string of the molecule is Cc1c(CCC(=O)NCc2ccccc2)c(=O)oc2c(C)c3occ(C(C)(C)C)c3cc12. The quantitative estimate of drug-likeness (QED) is 0.411. The van der Waals surface area contributed by atoms with E-state index in [2.05, 4.69) is 32.2 Å². The molecule has 1 N–H and O–H groups in total. The maximum absolute atomic E-state index is 12.8. The minimum Gasteiger partial charge on any atom is -0.464 e. The molecule has 0 atom stereocenters. The zero-order chi connectivity index (χ0) is 23.0. The van der Waals surface area contributed by atoms with Crippen LogP contribution in [0, 0.1) is 13.8 Å². The van der Waals surface area contributed by atoms with Crippen LogP contribution in [0.1, 0.15) is 55.0 Å². The summed E-state index contributed by atoms with van der Waals surface area (Å²) in [6, 6.07) is 11.8. The topological polar surface area (TPSA) is 72.5 Å². The van der Waals surface area contributed by atoms with E-state index in [9.17, 15) is 9.59 Å². The minimum atomic E-state index is -0.393. The summed E-state index contributed by atoms with van der Waals surface area (Å²) < 4.78 is 11.6. The van der Waals surface area contributed by atoms with Crippen molar-refractivity contribution >= 4 is 27.8 Å². The van der Waals surface area contributed by atoms with E-state index in [-0.39, 0.29) is 17.7 Å². The molecule has 0 spiro atoms. The second-order valence-electron chi connectivity index (χ2n) is 9.41. The van der Waals surface area contributed by atoms with Crippen molar-refractivity contribution in [3.63, 3.8) is 0 Å². The van der Waals surface area contributed by atoms with Gasteiger partial charge in [0.1, 0.15) is 11.2 Å². The average molecular weight is 432 g/mol. The monoisotopic (exact) mass is 431 g/mol. The number of amides is 1. The summed E-state index contributed by atoms with van der Waals surface area (Å²) in [5.74, 6) is -0.0933. The van der Waals surface area contributed by atoms with Gasteiger partial charge in [-0.05, 0) is 42.9 Å². The third-order valence-corrected chi connectivity index (χ3v) is 6.08. The molecule has 0 bridgehead atoms. The lowest BCUT2D eigenvalue weighted by Crippen LogP contribution is -2.24. The van der Waals surface area contributed by atoms with Gasteiger partial charge in [0.2, 0.25) is 5.91 Å². The molecule has 2 aromatic carbocycles. The van der Waals surface area contributed by atoms with E-state index < -0.39 is 5.63 Å². The van der Waals surface area contributed by atoms with Gasteiger partial charge < -0.3 is 14.2 Å². The molecule has 0 aliphatic rings. The maximum Gasteiger partial charge on any atom is 0.339 e. The van der Waals surface area contributed by atoms with Gasteiger partial charge in [-0.15, -0.1) is 0 Å². The third kappa shape index (κ3) is 4.07. The normalized spacial score (nSPS) is 11.9. The molecule has 32 heavy (non-hydrogen) atoms. The van der Waals surface area contributed by atoms with E-state index in [0.717, 1.165) is 38.6 Å². The fourth-order valence-corrected chi connectivity index (χ4v) is 4.19. The first-order chi connectivity index (χ1) is 15.2. The van der Waals surface area contributed by atoms with Crippen molar-refractivity contribution in [2.24, 2.45) is 0 Å². The van der Waals surface area contributed by atoms with Crippen LogP contribution < -0.4 is 10.9 Å². The highest BCUT2D eigenvalue weighted by atomic mass is 16.4. The number of hydrogen-bond acceptors (Lipinski definition) is 4. The Balaban J connectivity index is 1.64. The Morgan fingerprint density at radius 3 is 2.41 bits per heavy atom. The lowest BCUT2D eigenvalue weighted by atomic mass is 9.86. The summed E-state index contributed by atoms with van der Waals surface area (Å²) in [5.41, 5.74) is 5.21. The number of hydrogen-bond donors (Lipinski definition) is 1. The van der Waals surface area contributed by atoms with E-state index in [4.69, 9.17) is 8.83 Å². The number of aryl methyl sites for hydroxylation is 2. The predicted molar refractivity (Wildman–Crippen MR) is 127 cm³/mol. The van der Waals surface area contributed by atoms with Crippen LogP contribution in [0.5, 0.6) is 0 Å². The molecule has 2 aromatic heterocycles. The molecule has 0 saturated carbocycles. The van der Waals surface area contributed by atoms with Gasteiger partial charge in [0.05, 0.1) is 6.26 Å². The predicted octanol–water partition coefficient (Wildman–Crippen LogP) is 5.70. The molecular weight excluding hydrogens is 402 g/mol. The lowest BCUT2D eigenvalue weighted by Gasteiger charge is -2.17. The molecule has 5 nitrogen and oxygen atoms in total.